The lowest BCUT2D eigenvalue weighted by atomic mass is 9.94. The molecule has 2 aromatic rings. The molecule has 0 bridgehead atoms. The molecular formula is C17H13NO. The molecule has 0 saturated carbocycles. The largest absolute Gasteiger partial charge is 0.289 e. The number of carbonyl (C=O) groups excluding carboxylic acids is 1. The third-order valence-electron chi connectivity index (χ3n) is 3.31. The van der Waals surface area contributed by atoms with Crippen LogP contribution in [0.3, 0.4) is 0 Å². The van der Waals surface area contributed by atoms with Gasteiger partial charge in [-0.15, -0.1) is 0 Å². The molecule has 1 aromatic carbocycles. The Hall–Kier alpha value is -2.48. The highest BCUT2D eigenvalue weighted by Gasteiger charge is 2.14. The SMILES string of the molecule is CC1=c2ccccc2=C/C(=C/c2ccncc2)C1=O. The number of aromatic nitrogens is 1. The van der Waals surface area contributed by atoms with Gasteiger partial charge in [0.1, 0.15) is 0 Å². The fourth-order valence-electron chi connectivity index (χ4n) is 2.28. The summed E-state index contributed by atoms with van der Waals surface area (Å²) >= 11 is 0. The summed E-state index contributed by atoms with van der Waals surface area (Å²) in [6.45, 7) is 1.88. The molecule has 0 spiro atoms. The van der Waals surface area contributed by atoms with Gasteiger partial charge in [-0.05, 0) is 47.2 Å². The number of carbonyl (C=O) groups is 1. The minimum atomic E-state index is 0.0931. The zero-order valence-corrected chi connectivity index (χ0v) is 10.6. The molecule has 3 rings (SSSR count). The molecule has 0 unspecified atom stereocenters. The van der Waals surface area contributed by atoms with E-state index in [4.69, 9.17) is 0 Å². The van der Waals surface area contributed by atoms with Crippen molar-refractivity contribution in [2.75, 3.05) is 0 Å². The maximum Gasteiger partial charge on any atom is 0.189 e. The lowest BCUT2D eigenvalue weighted by Gasteiger charge is -2.09. The fourth-order valence-corrected chi connectivity index (χ4v) is 2.28. The zero-order valence-electron chi connectivity index (χ0n) is 10.6. The molecule has 0 atom stereocenters. The first-order chi connectivity index (χ1) is 9.25. The van der Waals surface area contributed by atoms with Gasteiger partial charge in [-0.2, -0.15) is 0 Å². The Kier molecular flexibility index (Phi) is 2.84. The first-order valence-corrected chi connectivity index (χ1v) is 6.20. The van der Waals surface area contributed by atoms with Gasteiger partial charge >= 0.3 is 0 Å². The van der Waals surface area contributed by atoms with Gasteiger partial charge in [0.15, 0.2) is 5.78 Å². The minimum absolute atomic E-state index is 0.0931. The third-order valence-corrected chi connectivity index (χ3v) is 3.31. The molecule has 2 heteroatoms. The molecule has 1 aromatic heterocycles. The van der Waals surface area contributed by atoms with Crippen molar-refractivity contribution >= 4 is 23.5 Å². The number of allylic oxidation sites excluding steroid dienone is 1. The summed E-state index contributed by atoms with van der Waals surface area (Å²) in [6, 6.07) is 11.8. The normalized spacial score (nSPS) is 16.2. The van der Waals surface area contributed by atoms with Crippen LogP contribution < -0.4 is 10.4 Å². The zero-order chi connectivity index (χ0) is 13.2. The van der Waals surface area contributed by atoms with Crippen molar-refractivity contribution in [2.45, 2.75) is 6.92 Å². The number of hydrogen-bond acceptors (Lipinski definition) is 2. The van der Waals surface area contributed by atoms with E-state index in [0.717, 1.165) is 27.1 Å². The number of nitrogens with zero attached hydrogens (tertiary/aromatic N) is 1. The van der Waals surface area contributed by atoms with Gasteiger partial charge in [0.05, 0.1) is 0 Å². The van der Waals surface area contributed by atoms with Crippen molar-refractivity contribution in [2.24, 2.45) is 0 Å². The van der Waals surface area contributed by atoms with Gasteiger partial charge in [-0.25, -0.2) is 0 Å². The molecule has 1 aliphatic carbocycles. The van der Waals surface area contributed by atoms with Gasteiger partial charge < -0.3 is 0 Å². The summed E-state index contributed by atoms with van der Waals surface area (Å²) in [4.78, 5) is 16.3. The van der Waals surface area contributed by atoms with Gasteiger partial charge in [0, 0.05) is 23.5 Å². The van der Waals surface area contributed by atoms with Crippen molar-refractivity contribution in [3.8, 4) is 0 Å². The Bertz CT molecular complexity index is 786. The van der Waals surface area contributed by atoms with Gasteiger partial charge in [0.2, 0.25) is 0 Å². The number of hydrogen-bond donors (Lipinski definition) is 0. The average Bonchev–Trinajstić information content (AvgIpc) is 2.46. The number of ketones is 1. The smallest absolute Gasteiger partial charge is 0.189 e. The Labute approximate surface area is 111 Å². The van der Waals surface area contributed by atoms with Crippen LogP contribution >= 0.6 is 0 Å². The predicted molar refractivity (Wildman–Crippen MR) is 76.5 cm³/mol. The van der Waals surface area contributed by atoms with Crippen LogP contribution in [0.25, 0.3) is 17.7 Å². The topological polar surface area (TPSA) is 30.0 Å². The summed E-state index contributed by atoms with van der Waals surface area (Å²) in [7, 11) is 0. The van der Waals surface area contributed by atoms with E-state index in [2.05, 4.69) is 4.98 Å². The summed E-state index contributed by atoms with van der Waals surface area (Å²) in [5.74, 6) is 0.0931. The average molecular weight is 247 g/mol. The van der Waals surface area contributed by atoms with E-state index in [9.17, 15) is 4.79 Å². The Morgan fingerprint density at radius 2 is 1.79 bits per heavy atom. The minimum Gasteiger partial charge on any atom is -0.289 e. The second-order valence-electron chi connectivity index (χ2n) is 4.57. The summed E-state index contributed by atoms with van der Waals surface area (Å²) in [5.41, 5.74) is 2.52. The highest BCUT2D eigenvalue weighted by molar-refractivity contribution is 6.29. The van der Waals surface area contributed by atoms with Crippen molar-refractivity contribution < 1.29 is 4.79 Å². The van der Waals surface area contributed by atoms with E-state index in [0.29, 0.717) is 0 Å². The van der Waals surface area contributed by atoms with Crippen LogP contribution in [0.15, 0.2) is 54.4 Å². The Morgan fingerprint density at radius 1 is 1.05 bits per heavy atom. The molecular weight excluding hydrogens is 234 g/mol. The molecule has 1 heterocycles. The molecule has 0 amide bonds. The number of rotatable bonds is 1. The number of benzene rings is 1. The maximum absolute atomic E-state index is 12.3. The van der Waals surface area contributed by atoms with Gasteiger partial charge in [-0.3, -0.25) is 9.78 Å². The van der Waals surface area contributed by atoms with Crippen molar-refractivity contribution in [3.05, 3.63) is 70.4 Å². The molecule has 1 aliphatic rings. The third kappa shape index (κ3) is 2.13. The highest BCUT2D eigenvalue weighted by Crippen LogP contribution is 2.14. The first kappa shape index (κ1) is 11.6. The molecule has 0 N–H and O–H groups in total. The van der Waals surface area contributed by atoms with E-state index in [-0.39, 0.29) is 5.78 Å². The monoisotopic (exact) mass is 247 g/mol. The lowest BCUT2D eigenvalue weighted by molar-refractivity contribution is -0.110. The van der Waals surface area contributed by atoms with E-state index < -0.39 is 0 Å². The van der Waals surface area contributed by atoms with Gasteiger partial charge in [0.25, 0.3) is 0 Å². The van der Waals surface area contributed by atoms with Crippen LogP contribution in [0.4, 0.5) is 0 Å². The van der Waals surface area contributed by atoms with Crippen molar-refractivity contribution in [1.82, 2.24) is 4.98 Å². The molecule has 0 aliphatic heterocycles. The van der Waals surface area contributed by atoms with Crippen LogP contribution in [-0.4, -0.2) is 10.8 Å². The first-order valence-electron chi connectivity index (χ1n) is 6.20. The molecule has 0 saturated heterocycles. The Balaban J connectivity index is 2.20. The van der Waals surface area contributed by atoms with Gasteiger partial charge in [-0.1, -0.05) is 24.3 Å². The maximum atomic E-state index is 12.3. The van der Waals surface area contributed by atoms with E-state index in [1.165, 1.54) is 0 Å². The van der Waals surface area contributed by atoms with E-state index in [1.807, 2.05) is 55.5 Å². The Morgan fingerprint density at radius 3 is 2.58 bits per heavy atom. The van der Waals surface area contributed by atoms with Crippen LogP contribution in [0, 0.1) is 0 Å². The molecule has 92 valence electrons. The number of Topliss-reactive ketones (excluding diaryl/α,β-unsaturated/α-hetero) is 1. The fraction of sp³-hybridized carbons (Fsp3) is 0.0588. The molecule has 0 fully saturated rings. The van der Waals surface area contributed by atoms with Crippen LogP contribution in [0.1, 0.15) is 12.5 Å². The molecule has 19 heavy (non-hydrogen) atoms. The van der Waals surface area contributed by atoms with Crippen LogP contribution in [0.5, 0.6) is 0 Å². The second-order valence-corrected chi connectivity index (χ2v) is 4.57. The van der Waals surface area contributed by atoms with E-state index >= 15 is 0 Å². The quantitative estimate of drug-likeness (QED) is 0.718. The second kappa shape index (κ2) is 4.65. The molecule has 0 radical (unpaired) electrons. The standard InChI is InChI=1S/C17H13NO/c1-12-16-5-3-2-4-14(16)11-15(17(12)19)10-13-6-8-18-9-7-13/h2-11H,1H3/b15-10-. The van der Waals surface area contributed by atoms with Crippen LogP contribution in [0.2, 0.25) is 0 Å². The van der Waals surface area contributed by atoms with Crippen LogP contribution in [-0.2, 0) is 4.79 Å². The number of fused-ring (bicyclic) bond motifs is 1. The summed E-state index contributed by atoms with van der Waals surface area (Å²) in [5, 5.41) is 2.12. The predicted octanol–water partition coefficient (Wildman–Crippen LogP) is 1.70. The molecule has 2 nitrogen and oxygen atoms in total. The summed E-state index contributed by atoms with van der Waals surface area (Å²) in [6.07, 6.45) is 7.31. The lowest BCUT2D eigenvalue weighted by Crippen LogP contribution is -2.32. The highest BCUT2D eigenvalue weighted by atomic mass is 16.1. The van der Waals surface area contributed by atoms with E-state index in [1.54, 1.807) is 12.4 Å². The van der Waals surface area contributed by atoms with Crippen molar-refractivity contribution in [1.29, 1.82) is 0 Å². The number of pyridine rings is 1. The van der Waals surface area contributed by atoms with Crippen molar-refractivity contribution in [3.63, 3.8) is 0 Å². The summed E-state index contributed by atoms with van der Waals surface area (Å²) < 4.78 is 0.